The lowest BCUT2D eigenvalue weighted by Gasteiger charge is -2.17. The molecule has 0 bridgehead atoms. The lowest BCUT2D eigenvalue weighted by atomic mass is 9.88. The molecule has 0 saturated carbocycles. The SMILES string of the molecule is O=C(C[C@H](c1ccc(F)cc1)c1cn(Cc2ccccc2)c2ccc([N+](=O)[O-])cc12)NCc1ccco1. The third kappa shape index (κ3) is 5.43. The highest BCUT2D eigenvalue weighted by Gasteiger charge is 2.24. The number of halogens is 1. The van der Waals surface area contributed by atoms with Gasteiger partial charge in [-0.15, -0.1) is 0 Å². The van der Waals surface area contributed by atoms with Gasteiger partial charge >= 0.3 is 0 Å². The van der Waals surface area contributed by atoms with Crippen LogP contribution >= 0.6 is 0 Å². The third-order valence-corrected chi connectivity index (χ3v) is 6.38. The fraction of sp³-hybridized carbons (Fsp3) is 0.138. The normalized spacial score (nSPS) is 11.9. The van der Waals surface area contributed by atoms with Crippen molar-refractivity contribution in [2.45, 2.75) is 25.4 Å². The molecule has 5 rings (SSSR count). The molecule has 0 saturated heterocycles. The number of rotatable bonds is 9. The number of non-ortho nitro benzene ring substituents is 1. The monoisotopic (exact) mass is 497 g/mol. The summed E-state index contributed by atoms with van der Waals surface area (Å²) in [5, 5.41) is 15.1. The van der Waals surface area contributed by atoms with Crippen molar-refractivity contribution in [1.82, 2.24) is 9.88 Å². The fourth-order valence-electron chi connectivity index (χ4n) is 4.57. The van der Waals surface area contributed by atoms with Gasteiger partial charge in [0.2, 0.25) is 5.91 Å². The van der Waals surface area contributed by atoms with Crippen LogP contribution < -0.4 is 5.32 Å². The van der Waals surface area contributed by atoms with Gasteiger partial charge in [-0.1, -0.05) is 42.5 Å². The molecule has 0 radical (unpaired) electrons. The van der Waals surface area contributed by atoms with E-state index in [9.17, 15) is 19.3 Å². The second-order valence-corrected chi connectivity index (χ2v) is 8.82. The van der Waals surface area contributed by atoms with Crippen LogP contribution in [0, 0.1) is 15.9 Å². The van der Waals surface area contributed by atoms with Crippen molar-refractivity contribution in [2.75, 3.05) is 0 Å². The maximum absolute atomic E-state index is 13.8. The maximum atomic E-state index is 13.8. The average Bonchev–Trinajstić information content (AvgIpc) is 3.55. The third-order valence-electron chi connectivity index (χ3n) is 6.38. The molecule has 1 amide bonds. The Hall–Kier alpha value is -4.72. The van der Waals surface area contributed by atoms with E-state index in [1.54, 1.807) is 36.4 Å². The first kappa shape index (κ1) is 24.0. The first-order valence-electron chi connectivity index (χ1n) is 11.8. The van der Waals surface area contributed by atoms with Crippen LogP contribution in [0.2, 0.25) is 0 Å². The maximum Gasteiger partial charge on any atom is 0.270 e. The van der Waals surface area contributed by atoms with Gasteiger partial charge in [0.05, 0.1) is 17.7 Å². The number of nitrogens with zero attached hydrogens (tertiary/aromatic N) is 2. The predicted octanol–water partition coefficient (Wildman–Crippen LogP) is 6.17. The van der Waals surface area contributed by atoms with E-state index in [1.807, 2.05) is 41.1 Å². The highest BCUT2D eigenvalue weighted by Crippen LogP contribution is 2.37. The predicted molar refractivity (Wildman–Crippen MR) is 138 cm³/mol. The molecular formula is C29H24FN3O4. The van der Waals surface area contributed by atoms with Gasteiger partial charge in [0, 0.05) is 48.1 Å². The molecule has 0 spiro atoms. The largest absolute Gasteiger partial charge is 0.467 e. The number of aromatic nitrogens is 1. The first-order chi connectivity index (χ1) is 18.0. The van der Waals surface area contributed by atoms with Gasteiger partial charge < -0.3 is 14.3 Å². The number of hydrogen-bond acceptors (Lipinski definition) is 4. The minimum absolute atomic E-state index is 0.0358. The standard InChI is InChI=1S/C29H24FN3O4/c30-22-10-8-21(9-11-22)25(16-29(34)31-17-24-7-4-14-37-24)27-19-32(18-20-5-2-1-3-6-20)28-13-12-23(33(35)36)15-26(27)28/h1-15,19,25H,16-18H2,(H,31,34)/t25-/m1/s1. The van der Waals surface area contributed by atoms with Crippen LogP contribution in [0.3, 0.4) is 0 Å². The Balaban J connectivity index is 1.57. The molecule has 186 valence electrons. The number of carbonyl (C=O) groups is 1. The van der Waals surface area contributed by atoms with Crippen LogP contribution in [0.25, 0.3) is 10.9 Å². The van der Waals surface area contributed by atoms with Crippen molar-refractivity contribution in [3.63, 3.8) is 0 Å². The molecule has 0 fully saturated rings. The Kier molecular flexibility index (Phi) is 6.81. The van der Waals surface area contributed by atoms with Crippen molar-refractivity contribution >= 4 is 22.5 Å². The van der Waals surface area contributed by atoms with E-state index < -0.39 is 10.8 Å². The van der Waals surface area contributed by atoms with Crippen LogP contribution in [0.1, 0.15) is 34.8 Å². The van der Waals surface area contributed by atoms with E-state index in [2.05, 4.69) is 5.32 Å². The minimum atomic E-state index is -0.460. The molecule has 8 heteroatoms. The number of nitro groups is 1. The number of nitro benzene ring substituents is 1. The molecule has 0 aliphatic heterocycles. The van der Waals surface area contributed by atoms with Crippen LogP contribution in [-0.2, 0) is 17.9 Å². The molecular weight excluding hydrogens is 473 g/mol. The summed E-state index contributed by atoms with van der Waals surface area (Å²) in [7, 11) is 0. The summed E-state index contributed by atoms with van der Waals surface area (Å²) >= 11 is 0. The second-order valence-electron chi connectivity index (χ2n) is 8.82. The number of carbonyl (C=O) groups excluding carboxylic acids is 1. The van der Waals surface area contributed by atoms with Crippen LogP contribution in [0.15, 0.2) is 102 Å². The van der Waals surface area contributed by atoms with Gasteiger partial charge in [-0.25, -0.2) is 4.39 Å². The number of amides is 1. The first-order valence-corrected chi connectivity index (χ1v) is 11.8. The molecule has 0 unspecified atom stereocenters. The van der Waals surface area contributed by atoms with E-state index >= 15 is 0 Å². The Morgan fingerprint density at radius 1 is 1.03 bits per heavy atom. The molecule has 37 heavy (non-hydrogen) atoms. The van der Waals surface area contributed by atoms with Gasteiger partial charge in [0.25, 0.3) is 5.69 Å². The van der Waals surface area contributed by atoms with Gasteiger partial charge in [-0.05, 0) is 47.0 Å². The van der Waals surface area contributed by atoms with Gasteiger partial charge in [-0.2, -0.15) is 0 Å². The van der Waals surface area contributed by atoms with Crippen LogP contribution in [0.5, 0.6) is 0 Å². The second kappa shape index (κ2) is 10.5. The van der Waals surface area contributed by atoms with Gasteiger partial charge in [0.15, 0.2) is 0 Å². The molecule has 0 aliphatic rings. The van der Waals surface area contributed by atoms with Crippen molar-refractivity contribution in [2.24, 2.45) is 0 Å². The Morgan fingerprint density at radius 2 is 1.81 bits per heavy atom. The summed E-state index contributed by atoms with van der Waals surface area (Å²) in [5.74, 6) is -0.437. The summed E-state index contributed by atoms with van der Waals surface area (Å²) < 4.78 is 21.1. The molecule has 2 aromatic heterocycles. The van der Waals surface area contributed by atoms with Crippen molar-refractivity contribution in [3.8, 4) is 0 Å². The summed E-state index contributed by atoms with van der Waals surface area (Å²) in [6.45, 7) is 0.791. The van der Waals surface area contributed by atoms with E-state index in [-0.39, 0.29) is 30.4 Å². The highest BCUT2D eigenvalue weighted by atomic mass is 19.1. The number of benzene rings is 3. The number of furan rings is 1. The molecule has 0 aliphatic carbocycles. The highest BCUT2D eigenvalue weighted by molar-refractivity contribution is 5.88. The van der Waals surface area contributed by atoms with Crippen LogP contribution in [-0.4, -0.2) is 15.4 Å². The number of fused-ring (bicyclic) bond motifs is 1. The minimum Gasteiger partial charge on any atom is -0.467 e. The summed E-state index contributed by atoms with van der Waals surface area (Å²) in [4.78, 5) is 24.2. The molecule has 1 atom stereocenters. The van der Waals surface area contributed by atoms with E-state index in [1.165, 1.54) is 24.5 Å². The average molecular weight is 498 g/mol. The molecule has 1 N–H and O–H groups in total. The quantitative estimate of drug-likeness (QED) is 0.195. The Labute approximate surface area is 212 Å². The van der Waals surface area contributed by atoms with Crippen LogP contribution in [0.4, 0.5) is 10.1 Å². The Morgan fingerprint density at radius 3 is 2.51 bits per heavy atom. The molecule has 3 aromatic carbocycles. The zero-order valence-electron chi connectivity index (χ0n) is 19.8. The summed E-state index contributed by atoms with van der Waals surface area (Å²) in [6.07, 6.45) is 3.55. The molecule has 2 heterocycles. The van der Waals surface area contributed by atoms with E-state index in [4.69, 9.17) is 4.42 Å². The fourth-order valence-corrected chi connectivity index (χ4v) is 4.57. The van der Waals surface area contributed by atoms with E-state index in [0.717, 1.165) is 22.2 Å². The van der Waals surface area contributed by atoms with Gasteiger partial charge in [-0.3, -0.25) is 14.9 Å². The Bertz CT molecular complexity index is 1530. The summed E-state index contributed by atoms with van der Waals surface area (Å²) in [5.41, 5.74) is 3.34. The van der Waals surface area contributed by atoms with Crippen molar-refractivity contribution < 1.29 is 18.5 Å². The zero-order chi connectivity index (χ0) is 25.8. The molecule has 5 aromatic rings. The lowest BCUT2D eigenvalue weighted by molar-refractivity contribution is -0.384. The zero-order valence-corrected chi connectivity index (χ0v) is 19.8. The summed E-state index contributed by atoms with van der Waals surface area (Å²) in [6, 6.07) is 24.2. The topological polar surface area (TPSA) is 90.3 Å². The van der Waals surface area contributed by atoms with E-state index in [0.29, 0.717) is 17.7 Å². The number of nitrogens with one attached hydrogen (secondary N) is 1. The van der Waals surface area contributed by atoms with Gasteiger partial charge in [0.1, 0.15) is 11.6 Å². The number of hydrogen-bond donors (Lipinski definition) is 1. The van der Waals surface area contributed by atoms with Crippen molar-refractivity contribution in [1.29, 1.82) is 0 Å². The smallest absolute Gasteiger partial charge is 0.270 e. The van der Waals surface area contributed by atoms with Crippen molar-refractivity contribution in [3.05, 3.63) is 136 Å². The molecule has 7 nitrogen and oxygen atoms in total. The lowest BCUT2D eigenvalue weighted by Crippen LogP contribution is -2.24.